The van der Waals surface area contributed by atoms with E-state index in [1.54, 1.807) is 28.7 Å². The van der Waals surface area contributed by atoms with Crippen LogP contribution in [0.2, 0.25) is 0 Å². The maximum atomic E-state index is 14.6. The zero-order valence-corrected chi connectivity index (χ0v) is 25.3. The third kappa shape index (κ3) is 5.38. The van der Waals surface area contributed by atoms with Crippen LogP contribution in [0.5, 0.6) is 5.75 Å². The maximum absolute atomic E-state index is 14.6. The fourth-order valence-electron chi connectivity index (χ4n) is 7.12. The number of fused-ring (bicyclic) bond motifs is 2. The first kappa shape index (κ1) is 29.5. The number of nitrogens with zero attached hydrogens (tertiary/aromatic N) is 3. The molecule has 2 saturated heterocycles. The maximum Gasteiger partial charge on any atom is 0.251 e. The molecule has 0 bridgehead atoms. The Morgan fingerprint density at radius 3 is 2.42 bits per heavy atom. The Morgan fingerprint density at radius 1 is 0.907 bits per heavy atom. The molecule has 2 fully saturated rings. The fourth-order valence-corrected chi connectivity index (χ4v) is 9.12. The molecule has 0 radical (unpaired) electrons. The number of thioether (sulfide) groups is 1. The highest BCUT2D eigenvalue weighted by atomic mass is 32.2. The highest BCUT2D eigenvalue weighted by molar-refractivity contribution is 8.02. The van der Waals surface area contributed by atoms with Crippen LogP contribution in [0.1, 0.15) is 31.2 Å². The van der Waals surface area contributed by atoms with E-state index in [9.17, 15) is 19.5 Å². The van der Waals surface area contributed by atoms with E-state index >= 15 is 0 Å². The molecule has 4 aliphatic rings. The van der Waals surface area contributed by atoms with Crippen LogP contribution in [-0.4, -0.2) is 82.0 Å². The predicted molar refractivity (Wildman–Crippen MR) is 168 cm³/mol. The summed E-state index contributed by atoms with van der Waals surface area (Å²) in [7, 11) is 1.61. The molecule has 3 amide bonds. The summed E-state index contributed by atoms with van der Waals surface area (Å²) < 4.78 is 4.48. The molecule has 2 aromatic carbocycles. The van der Waals surface area contributed by atoms with Gasteiger partial charge in [-0.1, -0.05) is 67.5 Å². The number of rotatable bonds is 10. The van der Waals surface area contributed by atoms with Crippen molar-refractivity contribution in [1.82, 2.24) is 9.80 Å². The average molecular weight is 602 g/mol. The number of carbonyl (C=O) groups excluding carboxylic acids is 3. The van der Waals surface area contributed by atoms with Crippen molar-refractivity contribution in [2.75, 3.05) is 38.3 Å². The number of unbranched alkanes of at least 4 members (excludes halogenated alkanes) is 3. The topological polar surface area (TPSA) is 90.4 Å². The monoisotopic (exact) mass is 601 g/mol. The molecule has 6 rings (SSSR count). The quantitative estimate of drug-likeness (QED) is 0.327. The van der Waals surface area contributed by atoms with Gasteiger partial charge in [0.15, 0.2) is 0 Å². The average Bonchev–Trinajstić information content (AvgIpc) is 3.34. The van der Waals surface area contributed by atoms with Gasteiger partial charge in [0.05, 0.1) is 23.7 Å². The van der Waals surface area contributed by atoms with Gasteiger partial charge in [0.25, 0.3) is 5.91 Å². The van der Waals surface area contributed by atoms with Crippen molar-refractivity contribution < 1.29 is 24.2 Å². The Bertz CT molecular complexity index is 1400. The molecule has 1 unspecified atom stereocenters. The third-order valence-corrected chi connectivity index (χ3v) is 10.9. The molecule has 0 aromatic heterocycles. The molecular weight excluding hydrogens is 562 g/mol. The minimum atomic E-state index is -0.842. The lowest BCUT2D eigenvalue weighted by Gasteiger charge is -2.35. The molecule has 9 heteroatoms. The molecular formula is C34H39N3O5S. The van der Waals surface area contributed by atoms with Crippen molar-refractivity contribution in [2.24, 2.45) is 11.8 Å². The molecule has 2 aromatic rings. The van der Waals surface area contributed by atoms with E-state index in [0.717, 1.165) is 30.5 Å². The minimum absolute atomic E-state index is 0.0257. The van der Waals surface area contributed by atoms with Gasteiger partial charge in [0, 0.05) is 43.7 Å². The lowest BCUT2D eigenvalue weighted by Crippen LogP contribution is -2.53. The standard InChI is InChI=1S/C34H39N3O5S/c1-42-26-16-14-25(15-17-26)36-21-10-18-34-29(32(40)37(30(34)33(36)41)20-7-2-3-8-22-38)28-27(43-34)13-9-19-35(31(28)39)23-24-11-5-4-6-12-24/h4-6,9-18,27-30,38H,2-3,7-8,19-23H2,1H3/t27-,28+,29-,30?,34-/m0/s1. The number of hydrogen-bond donors (Lipinski definition) is 1. The molecule has 5 atom stereocenters. The van der Waals surface area contributed by atoms with Crippen molar-refractivity contribution in [1.29, 1.82) is 0 Å². The number of methoxy groups -OCH3 is 1. The first-order chi connectivity index (χ1) is 21.0. The van der Waals surface area contributed by atoms with Gasteiger partial charge in [-0.25, -0.2) is 0 Å². The van der Waals surface area contributed by atoms with E-state index in [-0.39, 0.29) is 29.6 Å². The molecule has 226 valence electrons. The van der Waals surface area contributed by atoms with Crippen LogP contribution in [-0.2, 0) is 20.9 Å². The number of carbonyl (C=O) groups is 3. The summed E-state index contributed by atoms with van der Waals surface area (Å²) in [6.45, 7) is 1.94. The number of ether oxygens (including phenoxy) is 1. The Kier molecular flexibility index (Phi) is 8.63. The van der Waals surface area contributed by atoms with Crippen LogP contribution in [0.3, 0.4) is 0 Å². The Morgan fingerprint density at radius 2 is 1.67 bits per heavy atom. The molecule has 0 aliphatic carbocycles. The highest BCUT2D eigenvalue weighted by Crippen LogP contribution is 2.61. The van der Waals surface area contributed by atoms with Crippen molar-refractivity contribution in [2.45, 2.75) is 48.3 Å². The van der Waals surface area contributed by atoms with Crippen molar-refractivity contribution in [3.63, 3.8) is 0 Å². The molecule has 4 heterocycles. The van der Waals surface area contributed by atoms with E-state index in [1.807, 2.05) is 71.6 Å². The van der Waals surface area contributed by atoms with Crippen molar-refractivity contribution in [3.05, 3.63) is 84.5 Å². The number of aliphatic hydroxyl groups is 1. The van der Waals surface area contributed by atoms with Gasteiger partial charge < -0.3 is 24.5 Å². The van der Waals surface area contributed by atoms with E-state index in [2.05, 4.69) is 12.2 Å². The van der Waals surface area contributed by atoms with Crippen LogP contribution in [0, 0.1) is 11.8 Å². The number of amides is 3. The summed E-state index contributed by atoms with van der Waals surface area (Å²) in [6.07, 6.45) is 11.4. The second-order valence-electron chi connectivity index (χ2n) is 11.7. The lowest BCUT2D eigenvalue weighted by atomic mass is 9.78. The van der Waals surface area contributed by atoms with Crippen molar-refractivity contribution in [3.8, 4) is 5.75 Å². The largest absolute Gasteiger partial charge is 0.497 e. The van der Waals surface area contributed by atoms with Crippen LogP contribution >= 0.6 is 11.8 Å². The zero-order chi connectivity index (χ0) is 30.0. The normalized spacial score (nSPS) is 28.0. The molecule has 0 saturated carbocycles. The van der Waals surface area contributed by atoms with Gasteiger partial charge in [-0.2, -0.15) is 0 Å². The van der Waals surface area contributed by atoms with E-state index in [1.165, 1.54) is 0 Å². The Labute approximate surface area is 257 Å². The number of likely N-dealkylation sites (tertiary alicyclic amines) is 1. The van der Waals surface area contributed by atoms with Gasteiger partial charge in [0.2, 0.25) is 11.8 Å². The first-order valence-corrected chi connectivity index (χ1v) is 16.1. The Hall–Kier alpha value is -3.56. The zero-order valence-electron chi connectivity index (χ0n) is 24.5. The van der Waals surface area contributed by atoms with Crippen LogP contribution < -0.4 is 9.64 Å². The van der Waals surface area contributed by atoms with Gasteiger partial charge >= 0.3 is 0 Å². The number of anilines is 1. The van der Waals surface area contributed by atoms with Crippen LogP contribution in [0.4, 0.5) is 5.69 Å². The summed E-state index contributed by atoms with van der Waals surface area (Å²) in [6, 6.07) is 16.6. The summed E-state index contributed by atoms with van der Waals surface area (Å²) in [5.74, 6) is -0.730. The lowest BCUT2D eigenvalue weighted by molar-refractivity contribution is -0.143. The number of hydrogen-bond acceptors (Lipinski definition) is 6. The van der Waals surface area contributed by atoms with Gasteiger partial charge in [0.1, 0.15) is 11.8 Å². The SMILES string of the molecule is COc1ccc(N2CC=C[C@]34S[C@H]5C=CCN(Cc6ccccc6)C(=O)[C@H]5[C@H]3C(=O)N(CCCCCCO)C4C2=O)cc1. The molecule has 4 aliphatic heterocycles. The van der Waals surface area contributed by atoms with Gasteiger partial charge in [-0.05, 0) is 42.7 Å². The van der Waals surface area contributed by atoms with Gasteiger partial charge in [-0.15, -0.1) is 11.8 Å². The predicted octanol–water partition coefficient (Wildman–Crippen LogP) is 4.05. The van der Waals surface area contributed by atoms with E-state index in [0.29, 0.717) is 38.3 Å². The third-order valence-electron chi connectivity index (χ3n) is 9.15. The van der Waals surface area contributed by atoms with Crippen LogP contribution in [0.25, 0.3) is 0 Å². The van der Waals surface area contributed by atoms with E-state index < -0.39 is 22.6 Å². The van der Waals surface area contributed by atoms with E-state index in [4.69, 9.17) is 4.74 Å². The summed E-state index contributed by atoms with van der Waals surface area (Å²) >= 11 is 1.61. The number of aliphatic hydroxyl groups excluding tert-OH is 1. The summed E-state index contributed by atoms with van der Waals surface area (Å²) in [5.41, 5.74) is 1.79. The molecule has 43 heavy (non-hydrogen) atoms. The molecule has 1 spiro atoms. The first-order valence-electron chi connectivity index (χ1n) is 15.2. The fraction of sp³-hybridized carbons (Fsp3) is 0.441. The number of benzene rings is 2. The summed E-state index contributed by atoms with van der Waals surface area (Å²) in [4.78, 5) is 48.7. The smallest absolute Gasteiger partial charge is 0.251 e. The second kappa shape index (κ2) is 12.6. The highest BCUT2D eigenvalue weighted by Gasteiger charge is 2.70. The van der Waals surface area contributed by atoms with Crippen molar-refractivity contribution >= 4 is 35.2 Å². The molecule has 8 nitrogen and oxygen atoms in total. The minimum Gasteiger partial charge on any atom is -0.497 e. The molecule has 1 N–H and O–H groups in total. The van der Waals surface area contributed by atoms with Gasteiger partial charge in [-0.3, -0.25) is 14.4 Å². The van der Waals surface area contributed by atoms with Crippen LogP contribution in [0.15, 0.2) is 78.9 Å². The second-order valence-corrected chi connectivity index (χ2v) is 13.2. The summed E-state index contributed by atoms with van der Waals surface area (Å²) in [5, 5.41) is 9.02. The Balaban J connectivity index is 1.35.